The Labute approximate surface area is 143 Å². The number of hydrogen-bond donors (Lipinski definition) is 0. The second kappa shape index (κ2) is 6.79. The molecule has 1 saturated heterocycles. The van der Waals surface area contributed by atoms with Gasteiger partial charge < -0.3 is 14.5 Å². The first-order valence-corrected chi connectivity index (χ1v) is 8.01. The molecule has 1 aliphatic heterocycles. The van der Waals surface area contributed by atoms with Gasteiger partial charge in [-0.05, 0) is 38.1 Å². The van der Waals surface area contributed by atoms with E-state index in [1.165, 1.54) is 18.2 Å². The first-order valence-electron chi connectivity index (χ1n) is 8.01. The van der Waals surface area contributed by atoms with Crippen LogP contribution in [0, 0.1) is 13.8 Å². The number of anilines is 2. The van der Waals surface area contributed by atoms with Gasteiger partial charge in [-0.25, -0.2) is 4.79 Å². The van der Waals surface area contributed by atoms with Crippen LogP contribution in [0.5, 0.6) is 0 Å². The topological polar surface area (TPSA) is 32.8 Å². The second-order valence-electron chi connectivity index (χ2n) is 6.10. The number of hydrogen-bond acceptors (Lipinski definition) is 4. The highest BCUT2D eigenvalue weighted by molar-refractivity contribution is 5.84. The molecule has 2 aromatic rings. The molecular formula is C20H22N2O2. The van der Waals surface area contributed by atoms with Crippen LogP contribution >= 0.6 is 0 Å². The van der Waals surface area contributed by atoms with Gasteiger partial charge in [0.25, 0.3) is 0 Å². The minimum atomic E-state index is -0.326. The SMILES string of the molecule is COC(=O)/C=C1\CN(c2ccc(C)cc2)CN1c1ccc(C)cc1. The monoisotopic (exact) mass is 322 g/mol. The molecule has 0 aliphatic carbocycles. The Morgan fingerprint density at radius 1 is 0.958 bits per heavy atom. The van der Waals surface area contributed by atoms with E-state index in [9.17, 15) is 4.79 Å². The molecule has 1 heterocycles. The van der Waals surface area contributed by atoms with Crippen LogP contribution in [0.1, 0.15) is 11.1 Å². The van der Waals surface area contributed by atoms with E-state index in [0.717, 1.165) is 17.1 Å². The number of carbonyl (C=O) groups is 1. The van der Waals surface area contributed by atoms with E-state index < -0.39 is 0 Å². The molecule has 4 nitrogen and oxygen atoms in total. The smallest absolute Gasteiger partial charge is 0.332 e. The molecule has 3 rings (SSSR count). The van der Waals surface area contributed by atoms with Crippen molar-refractivity contribution in [1.82, 2.24) is 0 Å². The van der Waals surface area contributed by atoms with Gasteiger partial charge in [0, 0.05) is 23.1 Å². The van der Waals surface area contributed by atoms with E-state index in [4.69, 9.17) is 4.74 Å². The fourth-order valence-electron chi connectivity index (χ4n) is 2.81. The van der Waals surface area contributed by atoms with Gasteiger partial charge >= 0.3 is 5.97 Å². The van der Waals surface area contributed by atoms with Crippen molar-refractivity contribution >= 4 is 17.3 Å². The number of ether oxygens (including phenoxy) is 1. The van der Waals surface area contributed by atoms with E-state index in [-0.39, 0.29) is 5.97 Å². The van der Waals surface area contributed by atoms with Crippen LogP contribution < -0.4 is 9.80 Å². The zero-order valence-electron chi connectivity index (χ0n) is 14.3. The lowest BCUT2D eigenvalue weighted by molar-refractivity contribution is -0.134. The highest BCUT2D eigenvalue weighted by atomic mass is 16.5. The maximum absolute atomic E-state index is 11.7. The fraction of sp³-hybridized carbons (Fsp3) is 0.250. The molecule has 0 unspecified atom stereocenters. The number of methoxy groups -OCH3 is 1. The van der Waals surface area contributed by atoms with Crippen molar-refractivity contribution in [1.29, 1.82) is 0 Å². The summed E-state index contributed by atoms with van der Waals surface area (Å²) in [6.07, 6.45) is 1.58. The summed E-state index contributed by atoms with van der Waals surface area (Å²) in [6, 6.07) is 16.8. The van der Waals surface area contributed by atoms with Gasteiger partial charge in [-0.3, -0.25) is 0 Å². The molecular weight excluding hydrogens is 300 g/mol. The molecule has 0 amide bonds. The third-order valence-corrected chi connectivity index (χ3v) is 4.24. The van der Waals surface area contributed by atoms with Crippen molar-refractivity contribution in [2.24, 2.45) is 0 Å². The van der Waals surface area contributed by atoms with Crippen molar-refractivity contribution in [3.63, 3.8) is 0 Å². The van der Waals surface area contributed by atoms with Crippen LogP contribution in [0.25, 0.3) is 0 Å². The first kappa shape index (κ1) is 16.1. The standard InChI is InChI=1S/C20H22N2O2/c1-15-4-8-17(9-5-15)21-13-19(12-20(23)24-3)22(14-21)18-10-6-16(2)7-11-18/h4-12H,13-14H2,1-3H3/b19-12+. The summed E-state index contributed by atoms with van der Waals surface area (Å²) in [4.78, 5) is 16.1. The van der Waals surface area contributed by atoms with Crippen molar-refractivity contribution in [2.75, 3.05) is 30.1 Å². The summed E-state index contributed by atoms with van der Waals surface area (Å²) >= 11 is 0. The lowest BCUT2D eigenvalue weighted by Gasteiger charge is -2.21. The number of nitrogens with zero attached hydrogens (tertiary/aromatic N) is 2. The number of rotatable bonds is 3. The van der Waals surface area contributed by atoms with Crippen molar-refractivity contribution in [2.45, 2.75) is 13.8 Å². The first-order chi connectivity index (χ1) is 11.6. The molecule has 0 aromatic heterocycles. The predicted molar refractivity (Wildman–Crippen MR) is 97.1 cm³/mol. The molecule has 124 valence electrons. The molecule has 0 radical (unpaired) electrons. The van der Waals surface area contributed by atoms with Gasteiger partial charge in [-0.1, -0.05) is 35.4 Å². The third-order valence-electron chi connectivity index (χ3n) is 4.24. The summed E-state index contributed by atoms with van der Waals surface area (Å²) in [6.45, 7) is 5.52. The zero-order valence-corrected chi connectivity index (χ0v) is 14.3. The Morgan fingerprint density at radius 2 is 1.50 bits per heavy atom. The lowest BCUT2D eigenvalue weighted by atomic mass is 10.2. The van der Waals surface area contributed by atoms with Gasteiger partial charge in [-0.15, -0.1) is 0 Å². The number of aryl methyl sites for hydroxylation is 2. The molecule has 0 spiro atoms. The normalized spacial score (nSPS) is 15.9. The van der Waals surface area contributed by atoms with Crippen LogP contribution in [-0.2, 0) is 9.53 Å². The molecule has 0 bridgehead atoms. The van der Waals surface area contributed by atoms with Gasteiger partial charge in [0.1, 0.15) is 0 Å². The van der Waals surface area contributed by atoms with Crippen LogP contribution in [-0.4, -0.2) is 26.3 Å². The number of benzene rings is 2. The van der Waals surface area contributed by atoms with Gasteiger partial charge in [0.15, 0.2) is 0 Å². The Kier molecular flexibility index (Phi) is 4.56. The molecule has 0 atom stereocenters. The van der Waals surface area contributed by atoms with Crippen LogP contribution in [0.15, 0.2) is 60.3 Å². The molecule has 0 saturated carbocycles. The summed E-state index contributed by atoms with van der Waals surface area (Å²) in [5.41, 5.74) is 5.60. The molecule has 2 aromatic carbocycles. The van der Waals surface area contributed by atoms with Gasteiger partial charge in [0.2, 0.25) is 0 Å². The van der Waals surface area contributed by atoms with Crippen LogP contribution in [0.3, 0.4) is 0 Å². The molecule has 4 heteroatoms. The maximum atomic E-state index is 11.7. The van der Waals surface area contributed by atoms with E-state index in [1.54, 1.807) is 6.08 Å². The molecule has 0 N–H and O–H groups in total. The minimum absolute atomic E-state index is 0.326. The molecule has 24 heavy (non-hydrogen) atoms. The highest BCUT2D eigenvalue weighted by Gasteiger charge is 2.26. The van der Waals surface area contributed by atoms with Crippen molar-refractivity contribution in [3.05, 3.63) is 71.4 Å². The van der Waals surface area contributed by atoms with Crippen molar-refractivity contribution in [3.8, 4) is 0 Å². The quantitative estimate of drug-likeness (QED) is 0.638. The zero-order chi connectivity index (χ0) is 17.1. The summed E-state index contributed by atoms with van der Waals surface area (Å²) in [7, 11) is 1.41. The average molecular weight is 322 g/mol. The van der Waals surface area contributed by atoms with E-state index in [1.807, 2.05) is 0 Å². The van der Waals surface area contributed by atoms with E-state index >= 15 is 0 Å². The number of carbonyl (C=O) groups excluding carboxylic acids is 1. The summed E-state index contributed by atoms with van der Waals surface area (Å²) in [5, 5.41) is 0. The third kappa shape index (κ3) is 3.43. The predicted octanol–water partition coefficient (Wildman–Crippen LogP) is 3.64. The molecule has 1 fully saturated rings. The minimum Gasteiger partial charge on any atom is -0.466 e. The Bertz CT molecular complexity index is 748. The lowest BCUT2D eigenvalue weighted by Crippen LogP contribution is -2.24. The highest BCUT2D eigenvalue weighted by Crippen LogP contribution is 2.29. The summed E-state index contributed by atoms with van der Waals surface area (Å²) < 4.78 is 4.81. The Balaban J connectivity index is 1.92. The Hall–Kier alpha value is -2.75. The summed E-state index contributed by atoms with van der Waals surface area (Å²) in [5.74, 6) is -0.326. The van der Waals surface area contributed by atoms with Gasteiger partial charge in [-0.2, -0.15) is 0 Å². The Morgan fingerprint density at radius 3 is 2.04 bits per heavy atom. The van der Waals surface area contributed by atoms with E-state index in [2.05, 4.69) is 72.2 Å². The average Bonchev–Trinajstić information content (AvgIpc) is 3.00. The second-order valence-corrected chi connectivity index (χ2v) is 6.10. The van der Waals surface area contributed by atoms with Crippen LogP contribution in [0.4, 0.5) is 11.4 Å². The van der Waals surface area contributed by atoms with Gasteiger partial charge in [0.05, 0.1) is 20.3 Å². The fourth-order valence-corrected chi connectivity index (χ4v) is 2.81. The maximum Gasteiger partial charge on any atom is 0.332 e. The van der Waals surface area contributed by atoms with Crippen LogP contribution in [0.2, 0.25) is 0 Å². The molecule has 1 aliphatic rings. The largest absolute Gasteiger partial charge is 0.466 e. The number of esters is 1. The van der Waals surface area contributed by atoms with Crippen molar-refractivity contribution < 1.29 is 9.53 Å². The van der Waals surface area contributed by atoms with E-state index in [0.29, 0.717) is 13.2 Å².